The van der Waals surface area contributed by atoms with Crippen molar-refractivity contribution in [1.82, 2.24) is 14.3 Å². The van der Waals surface area contributed by atoms with Crippen LogP contribution in [0.4, 0.5) is 0 Å². The molecule has 1 aliphatic carbocycles. The molecule has 22 heavy (non-hydrogen) atoms. The molecular formula is C17H23N3O2. The quantitative estimate of drug-likeness (QED) is 0.878. The number of aliphatic hydroxyl groups is 1. The maximum atomic E-state index is 12.8. The van der Waals surface area contributed by atoms with Crippen LogP contribution in [0.5, 0.6) is 0 Å². The molecule has 3 rings (SSSR count). The Labute approximate surface area is 130 Å². The first-order valence-corrected chi connectivity index (χ1v) is 7.81. The van der Waals surface area contributed by atoms with Gasteiger partial charge in [-0.15, -0.1) is 0 Å². The first kappa shape index (κ1) is 15.1. The van der Waals surface area contributed by atoms with E-state index < -0.39 is 0 Å². The molecule has 0 bridgehead atoms. The molecule has 5 nitrogen and oxygen atoms in total. The highest BCUT2D eigenvalue weighted by Crippen LogP contribution is 2.28. The van der Waals surface area contributed by atoms with Crippen LogP contribution in [-0.2, 0) is 13.6 Å². The van der Waals surface area contributed by atoms with E-state index in [1.807, 2.05) is 49.0 Å². The molecule has 0 amide bonds. The molecule has 0 saturated heterocycles. The molecule has 0 atom stereocenters. The van der Waals surface area contributed by atoms with Gasteiger partial charge in [-0.3, -0.25) is 14.4 Å². The van der Waals surface area contributed by atoms with Crippen LogP contribution >= 0.6 is 0 Å². The summed E-state index contributed by atoms with van der Waals surface area (Å²) in [5, 5.41) is 9.24. The van der Waals surface area contributed by atoms with Gasteiger partial charge in [0.05, 0.1) is 17.9 Å². The number of aliphatic hydroxyl groups excluding tert-OH is 1. The molecule has 5 heteroatoms. The normalized spacial score (nSPS) is 14.7. The summed E-state index contributed by atoms with van der Waals surface area (Å²) in [7, 11) is 1.92. The van der Waals surface area contributed by atoms with Gasteiger partial charge in [-0.2, -0.15) is 0 Å². The van der Waals surface area contributed by atoms with Crippen molar-refractivity contribution in [3.05, 3.63) is 51.9 Å². The zero-order valence-electron chi connectivity index (χ0n) is 13.2. The van der Waals surface area contributed by atoms with Gasteiger partial charge in [0.1, 0.15) is 0 Å². The zero-order chi connectivity index (χ0) is 15.7. The summed E-state index contributed by atoms with van der Waals surface area (Å²) in [5.74, 6) is 0. The van der Waals surface area contributed by atoms with Crippen LogP contribution in [0.25, 0.3) is 5.69 Å². The molecule has 1 saturated carbocycles. The Balaban J connectivity index is 1.97. The number of para-hydroxylation sites is 1. The molecule has 0 aliphatic heterocycles. The summed E-state index contributed by atoms with van der Waals surface area (Å²) in [6.45, 7) is 3.36. The lowest BCUT2D eigenvalue weighted by Gasteiger charge is -2.19. The van der Waals surface area contributed by atoms with E-state index in [1.54, 1.807) is 4.68 Å². The van der Waals surface area contributed by atoms with Gasteiger partial charge in [-0.1, -0.05) is 18.2 Å². The van der Waals surface area contributed by atoms with Crippen molar-refractivity contribution in [2.45, 2.75) is 32.4 Å². The minimum absolute atomic E-state index is 0.0368. The molecule has 1 aromatic carbocycles. The van der Waals surface area contributed by atoms with Crippen LogP contribution in [0.1, 0.15) is 24.1 Å². The van der Waals surface area contributed by atoms with E-state index in [0.29, 0.717) is 19.1 Å². The van der Waals surface area contributed by atoms with Crippen molar-refractivity contribution in [3.63, 3.8) is 0 Å². The third-order valence-corrected chi connectivity index (χ3v) is 4.49. The van der Waals surface area contributed by atoms with Gasteiger partial charge in [0.2, 0.25) is 0 Å². The lowest BCUT2D eigenvalue weighted by atomic mass is 10.2. The Morgan fingerprint density at radius 1 is 1.27 bits per heavy atom. The lowest BCUT2D eigenvalue weighted by molar-refractivity contribution is 0.183. The molecular weight excluding hydrogens is 278 g/mol. The third kappa shape index (κ3) is 2.74. The third-order valence-electron chi connectivity index (χ3n) is 4.49. The Morgan fingerprint density at radius 2 is 1.95 bits per heavy atom. The monoisotopic (exact) mass is 301 g/mol. The molecule has 0 radical (unpaired) electrons. The van der Waals surface area contributed by atoms with Crippen LogP contribution in [0.3, 0.4) is 0 Å². The molecule has 1 N–H and O–H groups in total. The van der Waals surface area contributed by atoms with Gasteiger partial charge in [0, 0.05) is 31.9 Å². The number of hydrogen-bond donors (Lipinski definition) is 1. The largest absolute Gasteiger partial charge is 0.395 e. The second kappa shape index (κ2) is 6.10. The molecule has 1 aromatic heterocycles. The highest BCUT2D eigenvalue weighted by molar-refractivity contribution is 5.33. The second-order valence-corrected chi connectivity index (χ2v) is 5.97. The molecule has 2 aromatic rings. The van der Waals surface area contributed by atoms with Gasteiger partial charge in [0.25, 0.3) is 5.56 Å². The summed E-state index contributed by atoms with van der Waals surface area (Å²) >= 11 is 0. The van der Waals surface area contributed by atoms with E-state index in [-0.39, 0.29) is 12.2 Å². The maximum absolute atomic E-state index is 12.8. The van der Waals surface area contributed by atoms with Gasteiger partial charge < -0.3 is 5.11 Å². The predicted molar refractivity (Wildman–Crippen MR) is 86.3 cm³/mol. The fourth-order valence-corrected chi connectivity index (χ4v) is 2.97. The summed E-state index contributed by atoms with van der Waals surface area (Å²) in [6.07, 6.45) is 2.33. The van der Waals surface area contributed by atoms with E-state index in [9.17, 15) is 9.90 Å². The molecule has 0 spiro atoms. The van der Waals surface area contributed by atoms with Crippen LogP contribution in [0.15, 0.2) is 35.1 Å². The summed E-state index contributed by atoms with van der Waals surface area (Å²) in [6, 6.07) is 10.2. The van der Waals surface area contributed by atoms with Gasteiger partial charge in [-0.05, 0) is 31.9 Å². The van der Waals surface area contributed by atoms with E-state index in [2.05, 4.69) is 4.90 Å². The van der Waals surface area contributed by atoms with Crippen molar-refractivity contribution in [2.75, 3.05) is 13.2 Å². The SMILES string of the molecule is Cc1c(CN(CCO)C2CC2)c(=O)n(-c2ccccc2)n1C. The summed E-state index contributed by atoms with van der Waals surface area (Å²) < 4.78 is 3.63. The van der Waals surface area contributed by atoms with Crippen LogP contribution in [0.2, 0.25) is 0 Å². The standard InChI is InChI=1S/C17H23N3O2/c1-13-16(12-19(10-11-21)14-8-9-14)17(22)20(18(13)2)15-6-4-3-5-7-15/h3-7,14,21H,8-12H2,1-2H3. The zero-order valence-corrected chi connectivity index (χ0v) is 13.2. The minimum atomic E-state index is 0.0368. The highest BCUT2D eigenvalue weighted by atomic mass is 16.3. The van der Waals surface area contributed by atoms with E-state index >= 15 is 0 Å². The summed E-state index contributed by atoms with van der Waals surface area (Å²) in [5.41, 5.74) is 2.73. The lowest BCUT2D eigenvalue weighted by Crippen LogP contribution is -2.31. The first-order chi connectivity index (χ1) is 10.6. The maximum Gasteiger partial charge on any atom is 0.276 e. The minimum Gasteiger partial charge on any atom is -0.395 e. The molecule has 1 heterocycles. The average Bonchev–Trinajstić information content (AvgIpc) is 3.33. The smallest absolute Gasteiger partial charge is 0.276 e. The fraction of sp³-hybridized carbons (Fsp3) is 0.471. The van der Waals surface area contributed by atoms with Crippen molar-refractivity contribution in [1.29, 1.82) is 0 Å². The van der Waals surface area contributed by atoms with Gasteiger partial charge in [0.15, 0.2) is 0 Å². The van der Waals surface area contributed by atoms with Crippen LogP contribution in [0, 0.1) is 6.92 Å². The Bertz CT molecular complexity index is 699. The van der Waals surface area contributed by atoms with Gasteiger partial charge >= 0.3 is 0 Å². The van der Waals surface area contributed by atoms with Crippen molar-refractivity contribution in [3.8, 4) is 5.69 Å². The Morgan fingerprint density at radius 3 is 2.55 bits per heavy atom. The highest BCUT2D eigenvalue weighted by Gasteiger charge is 2.30. The fourth-order valence-electron chi connectivity index (χ4n) is 2.97. The molecule has 0 unspecified atom stereocenters. The predicted octanol–water partition coefficient (Wildman–Crippen LogP) is 1.44. The second-order valence-electron chi connectivity index (χ2n) is 5.97. The number of hydrogen-bond acceptors (Lipinski definition) is 3. The molecule has 1 aliphatic rings. The number of nitrogens with zero attached hydrogens (tertiary/aromatic N) is 3. The van der Waals surface area contributed by atoms with Gasteiger partial charge in [-0.25, -0.2) is 4.68 Å². The topological polar surface area (TPSA) is 50.4 Å². The van der Waals surface area contributed by atoms with Crippen LogP contribution < -0.4 is 5.56 Å². The van der Waals surface area contributed by atoms with E-state index in [1.165, 1.54) is 12.8 Å². The number of aromatic nitrogens is 2. The van der Waals surface area contributed by atoms with E-state index in [4.69, 9.17) is 0 Å². The Hall–Kier alpha value is -1.85. The number of benzene rings is 1. The van der Waals surface area contributed by atoms with Crippen molar-refractivity contribution in [2.24, 2.45) is 7.05 Å². The van der Waals surface area contributed by atoms with E-state index in [0.717, 1.165) is 16.9 Å². The van der Waals surface area contributed by atoms with Crippen LogP contribution in [-0.4, -0.2) is 38.6 Å². The average molecular weight is 301 g/mol. The summed E-state index contributed by atoms with van der Waals surface area (Å²) in [4.78, 5) is 15.1. The Kier molecular flexibility index (Phi) is 4.18. The molecule has 1 fully saturated rings. The number of rotatable bonds is 6. The van der Waals surface area contributed by atoms with Crippen molar-refractivity contribution >= 4 is 0 Å². The first-order valence-electron chi connectivity index (χ1n) is 7.81. The molecule has 118 valence electrons. The van der Waals surface area contributed by atoms with Crippen molar-refractivity contribution < 1.29 is 5.11 Å².